The van der Waals surface area contributed by atoms with Crippen molar-refractivity contribution in [3.63, 3.8) is 0 Å². The Morgan fingerprint density at radius 2 is 2.04 bits per heavy atom. The molecular weight excluding hydrogens is 336 g/mol. The van der Waals surface area contributed by atoms with Crippen molar-refractivity contribution in [3.8, 4) is 0 Å². The van der Waals surface area contributed by atoms with Gasteiger partial charge in [-0.05, 0) is 52.3 Å². The summed E-state index contributed by atoms with van der Waals surface area (Å²) in [5.41, 5.74) is 0. The van der Waals surface area contributed by atoms with Gasteiger partial charge in [0.25, 0.3) is 0 Å². The van der Waals surface area contributed by atoms with Gasteiger partial charge in [0.05, 0.1) is 6.54 Å². The first-order valence-electron chi connectivity index (χ1n) is 10.6. The summed E-state index contributed by atoms with van der Waals surface area (Å²) in [6, 6.07) is 7.32. The molecule has 2 unspecified atom stereocenters. The van der Waals surface area contributed by atoms with Gasteiger partial charge in [-0.2, -0.15) is 0 Å². The van der Waals surface area contributed by atoms with Crippen molar-refractivity contribution in [2.24, 2.45) is 4.99 Å². The van der Waals surface area contributed by atoms with E-state index < -0.39 is 0 Å². The highest BCUT2D eigenvalue weighted by Gasteiger charge is 2.24. The number of aromatic nitrogens is 1. The molecule has 2 aliphatic rings. The number of hydrogen-bond acceptors (Lipinski definition) is 4. The van der Waals surface area contributed by atoms with Crippen LogP contribution in [0.2, 0.25) is 0 Å². The Morgan fingerprint density at radius 1 is 1.22 bits per heavy atom. The molecule has 6 heteroatoms. The van der Waals surface area contributed by atoms with Crippen LogP contribution in [0.25, 0.3) is 0 Å². The highest BCUT2D eigenvalue weighted by molar-refractivity contribution is 5.80. The Balaban J connectivity index is 1.56. The first-order chi connectivity index (χ1) is 13.2. The number of nitrogens with one attached hydrogen (secondary N) is 1. The molecule has 2 saturated heterocycles. The predicted octanol–water partition coefficient (Wildman–Crippen LogP) is 2.43. The van der Waals surface area contributed by atoms with Crippen molar-refractivity contribution >= 4 is 11.8 Å². The molecule has 1 aromatic heterocycles. The molecule has 27 heavy (non-hydrogen) atoms. The van der Waals surface area contributed by atoms with Gasteiger partial charge < -0.3 is 15.1 Å². The molecule has 150 valence electrons. The van der Waals surface area contributed by atoms with Gasteiger partial charge in [-0.15, -0.1) is 0 Å². The minimum Gasteiger partial charge on any atom is -0.357 e. The van der Waals surface area contributed by atoms with Crippen molar-refractivity contribution in [3.05, 3.63) is 24.4 Å². The van der Waals surface area contributed by atoms with Crippen LogP contribution in [-0.4, -0.2) is 78.6 Å². The van der Waals surface area contributed by atoms with E-state index in [0.717, 1.165) is 51.0 Å². The van der Waals surface area contributed by atoms with Gasteiger partial charge in [-0.3, -0.25) is 9.89 Å². The molecule has 1 N–H and O–H groups in total. The van der Waals surface area contributed by atoms with Crippen LogP contribution in [0.1, 0.15) is 40.0 Å². The van der Waals surface area contributed by atoms with Gasteiger partial charge in [-0.1, -0.05) is 12.5 Å². The summed E-state index contributed by atoms with van der Waals surface area (Å²) in [6.07, 6.45) is 5.89. The maximum Gasteiger partial charge on any atom is 0.194 e. The molecule has 0 radical (unpaired) electrons. The Kier molecular flexibility index (Phi) is 7.33. The molecule has 0 aromatic carbocycles. The van der Waals surface area contributed by atoms with Crippen molar-refractivity contribution in [2.75, 3.05) is 50.7 Å². The van der Waals surface area contributed by atoms with E-state index in [4.69, 9.17) is 4.99 Å². The maximum atomic E-state index is 5.00. The van der Waals surface area contributed by atoms with Crippen LogP contribution >= 0.6 is 0 Å². The fourth-order valence-corrected chi connectivity index (χ4v) is 4.21. The maximum absolute atomic E-state index is 5.00. The third-order valence-corrected chi connectivity index (χ3v) is 5.81. The minimum absolute atomic E-state index is 0.503. The summed E-state index contributed by atoms with van der Waals surface area (Å²) in [5, 5.41) is 3.50. The monoisotopic (exact) mass is 372 g/mol. The van der Waals surface area contributed by atoms with Crippen LogP contribution in [-0.2, 0) is 0 Å². The number of piperidine rings is 1. The second kappa shape index (κ2) is 9.93. The molecule has 6 nitrogen and oxygen atoms in total. The number of piperazine rings is 1. The van der Waals surface area contributed by atoms with Crippen molar-refractivity contribution in [1.29, 1.82) is 0 Å². The Hall–Kier alpha value is -1.82. The molecule has 3 heterocycles. The van der Waals surface area contributed by atoms with E-state index >= 15 is 0 Å². The number of aliphatic imine (C=N–C) groups is 1. The molecule has 1 aromatic rings. The van der Waals surface area contributed by atoms with E-state index in [1.54, 1.807) is 0 Å². The average Bonchev–Trinajstić information content (AvgIpc) is 2.72. The lowest BCUT2D eigenvalue weighted by Gasteiger charge is -2.39. The summed E-state index contributed by atoms with van der Waals surface area (Å²) in [5.74, 6) is 2.14. The Morgan fingerprint density at radius 3 is 2.70 bits per heavy atom. The summed E-state index contributed by atoms with van der Waals surface area (Å²) in [7, 11) is 0. The lowest BCUT2D eigenvalue weighted by molar-refractivity contribution is 0.118. The van der Waals surface area contributed by atoms with E-state index in [0.29, 0.717) is 12.1 Å². The smallest absolute Gasteiger partial charge is 0.194 e. The van der Waals surface area contributed by atoms with Crippen LogP contribution in [0.15, 0.2) is 29.4 Å². The van der Waals surface area contributed by atoms with Crippen LogP contribution in [0.3, 0.4) is 0 Å². The fourth-order valence-electron chi connectivity index (χ4n) is 4.21. The molecule has 2 aliphatic heterocycles. The molecular formula is C21H36N6. The van der Waals surface area contributed by atoms with Crippen molar-refractivity contribution in [1.82, 2.24) is 20.1 Å². The number of anilines is 1. The van der Waals surface area contributed by atoms with E-state index in [9.17, 15) is 0 Å². The van der Waals surface area contributed by atoms with E-state index in [2.05, 4.69) is 57.9 Å². The number of nitrogens with zero attached hydrogens (tertiary/aromatic N) is 5. The molecule has 0 aliphatic carbocycles. The van der Waals surface area contributed by atoms with Gasteiger partial charge in [-0.25, -0.2) is 4.98 Å². The van der Waals surface area contributed by atoms with E-state index in [-0.39, 0.29) is 0 Å². The molecule has 3 rings (SSSR count). The van der Waals surface area contributed by atoms with Crippen LogP contribution in [0.4, 0.5) is 5.82 Å². The van der Waals surface area contributed by atoms with Crippen molar-refractivity contribution in [2.45, 2.75) is 52.1 Å². The molecule has 0 spiro atoms. The molecule has 0 saturated carbocycles. The van der Waals surface area contributed by atoms with Crippen LogP contribution in [0, 0.1) is 0 Å². The summed E-state index contributed by atoms with van der Waals surface area (Å²) >= 11 is 0. The third-order valence-electron chi connectivity index (χ3n) is 5.81. The number of guanidine groups is 1. The Bertz CT molecular complexity index is 582. The SMILES string of the molecule is CCNC(=NCC(C)N1CCCCC1C)N1CCN(c2ccccn2)CC1. The number of rotatable bonds is 5. The van der Waals surface area contributed by atoms with E-state index in [1.165, 1.54) is 25.8 Å². The fraction of sp³-hybridized carbons (Fsp3) is 0.714. The topological polar surface area (TPSA) is 47.0 Å². The first kappa shape index (κ1) is 19.9. The predicted molar refractivity (Wildman–Crippen MR) is 113 cm³/mol. The quantitative estimate of drug-likeness (QED) is 0.635. The van der Waals surface area contributed by atoms with Gasteiger partial charge in [0.2, 0.25) is 0 Å². The lowest BCUT2D eigenvalue weighted by Crippen LogP contribution is -2.53. The Labute approximate surface area is 164 Å². The molecule has 2 fully saturated rings. The van der Waals surface area contributed by atoms with Crippen molar-refractivity contribution < 1.29 is 0 Å². The van der Waals surface area contributed by atoms with Gasteiger partial charge >= 0.3 is 0 Å². The van der Waals surface area contributed by atoms with Gasteiger partial charge in [0.15, 0.2) is 5.96 Å². The normalized spacial score (nSPS) is 23.4. The summed E-state index contributed by atoms with van der Waals surface area (Å²) < 4.78 is 0. The number of pyridine rings is 1. The third kappa shape index (κ3) is 5.34. The van der Waals surface area contributed by atoms with Crippen LogP contribution < -0.4 is 10.2 Å². The zero-order valence-corrected chi connectivity index (χ0v) is 17.3. The summed E-state index contributed by atoms with van der Waals surface area (Å²) in [4.78, 5) is 16.9. The van der Waals surface area contributed by atoms with E-state index in [1.807, 2.05) is 12.3 Å². The van der Waals surface area contributed by atoms with Crippen LogP contribution in [0.5, 0.6) is 0 Å². The zero-order valence-electron chi connectivity index (χ0n) is 17.3. The lowest BCUT2D eigenvalue weighted by atomic mass is 10.0. The molecule has 0 amide bonds. The molecule has 2 atom stereocenters. The second-order valence-corrected chi connectivity index (χ2v) is 7.79. The number of hydrogen-bond donors (Lipinski definition) is 1. The number of likely N-dealkylation sites (tertiary alicyclic amines) is 1. The largest absolute Gasteiger partial charge is 0.357 e. The highest BCUT2D eigenvalue weighted by atomic mass is 15.4. The van der Waals surface area contributed by atoms with Gasteiger partial charge in [0, 0.05) is 51.0 Å². The zero-order chi connectivity index (χ0) is 19.1. The summed E-state index contributed by atoms with van der Waals surface area (Å²) in [6.45, 7) is 13.8. The molecule has 0 bridgehead atoms. The first-order valence-corrected chi connectivity index (χ1v) is 10.6. The highest BCUT2D eigenvalue weighted by Crippen LogP contribution is 2.19. The minimum atomic E-state index is 0.503. The van der Waals surface area contributed by atoms with Gasteiger partial charge in [0.1, 0.15) is 5.82 Å². The average molecular weight is 373 g/mol. The second-order valence-electron chi connectivity index (χ2n) is 7.79. The standard InChI is InChI=1S/C21H36N6/c1-4-22-21(24-17-19(3)27-12-8-6-9-18(27)2)26-15-13-25(14-16-26)20-10-5-7-11-23-20/h5,7,10-11,18-19H,4,6,8-9,12-17H2,1-3H3,(H,22,24).